The SMILES string of the molecule is COc1nc(Cl)nc(NC2COCC2(C)C(=O)O)n1. The van der Waals surface area contributed by atoms with Crippen molar-refractivity contribution in [1.29, 1.82) is 0 Å². The molecule has 1 saturated heterocycles. The van der Waals surface area contributed by atoms with E-state index in [1.165, 1.54) is 7.11 Å². The van der Waals surface area contributed by atoms with Gasteiger partial charge in [-0.3, -0.25) is 4.79 Å². The lowest BCUT2D eigenvalue weighted by Gasteiger charge is -2.25. The zero-order chi connectivity index (χ0) is 14.0. The van der Waals surface area contributed by atoms with Gasteiger partial charge in [-0.2, -0.15) is 15.0 Å². The van der Waals surface area contributed by atoms with E-state index in [0.717, 1.165) is 0 Å². The van der Waals surface area contributed by atoms with E-state index in [1.807, 2.05) is 0 Å². The van der Waals surface area contributed by atoms with Gasteiger partial charge in [-0.05, 0) is 18.5 Å². The Morgan fingerprint density at radius 1 is 1.58 bits per heavy atom. The molecule has 1 aliphatic rings. The Labute approximate surface area is 114 Å². The quantitative estimate of drug-likeness (QED) is 0.822. The summed E-state index contributed by atoms with van der Waals surface area (Å²) in [7, 11) is 1.40. The van der Waals surface area contributed by atoms with Crippen molar-refractivity contribution in [2.24, 2.45) is 5.41 Å². The second kappa shape index (κ2) is 5.14. The zero-order valence-electron chi connectivity index (χ0n) is 10.4. The molecule has 1 fully saturated rings. The number of nitrogens with one attached hydrogen (secondary N) is 1. The van der Waals surface area contributed by atoms with Crippen LogP contribution in [0.1, 0.15) is 6.92 Å². The van der Waals surface area contributed by atoms with E-state index >= 15 is 0 Å². The number of carboxylic acid groups (broad SMARTS) is 1. The first-order valence-corrected chi connectivity index (χ1v) is 5.87. The lowest BCUT2D eigenvalue weighted by molar-refractivity contribution is -0.148. The summed E-state index contributed by atoms with van der Waals surface area (Å²) in [6.07, 6.45) is 0. The van der Waals surface area contributed by atoms with E-state index in [0.29, 0.717) is 0 Å². The maximum Gasteiger partial charge on any atom is 0.322 e. The number of aromatic nitrogens is 3. The molecule has 0 bridgehead atoms. The summed E-state index contributed by atoms with van der Waals surface area (Å²) in [6.45, 7) is 1.96. The van der Waals surface area contributed by atoms with Gasteiger partial charge in [-0.1, -0.05) is 0 Å². The largest absolute Gasteiger partial charge is 0.481 e. The van der Waals surface area contributed by atoms with Crippen LogP contribution < -0.4 is 10.1 Å². The van der Waals surface area contributed by atoms with E-state index in [4.69, 9.17) is 21.1 Å². The summed E-state index contributed by atoms with van der Waals surface area (Å²) in [5, 5.41) is 12.1. The second-order valence-corrected chi connectivity index (χ2v) is 4.69. The Bertz CT molecular complexity index is 500. The summed E-state index contributed by atoms with van der Waals surface area (Å²) in [5.41, 5.74) is -1.05. The van der Waals surface area contributed by atoms with Gasteiger partial charge in [-0.25, -0.2) is 0 Å². The molecule has 9 heteroatoms. The van der Waals surface area contributed by atoms with E-state index in [1.54, 1.807) is 6.92 Å². The van der Waals surface area contributed by atoms with Gasteiger partial charge < -0.3 is 19.9 Å². The van der Waals surface area contributed by atoms with Crippen LogP contribution in [0, 0.1) is 5.41 Å². The standard InChI is InChI=1S/C10H13ClN4O4/c1-10(6(16)17)4-19-3-5(10)12-8-13-7(11)14-9(15-8)18-2/h5H,3-4H2,1-2H3,(H,16,17)(H,12,13,14,15). The van der Waals surface area contributed by atoms with Crippen molar-refractivity contribution in [1.82, 2.24) is 15.0 Å². The zero-order valence-corrected chi connectivity index (χ0v) is 11.1. The fourth-order valence-corrected chi connectivity index (χ4v) is 1.88. The maximum atomic E-state index is 11.3. The lowest BCUT2D eigenvalue weighted by Crippen LogP contribution is -2.43. The Hall–Kier alpha value is -1.67. The van der Waals surface area contributed by atoms with Gasteiger partial charge in [0.2, 0.25) is 11.2 Å². The van der Waals surface area contributed by atoms with Crippen LogP contribution in [-0.2, 0) is 9.53 Å². The average molecular weight is 289 g/mol. The first-order valence-electron chi connectivity index (χ1n) is 5.49. The number of ether oxygens (including phenoxy) is 2. The smallest absolute Gasteiger partial charge is 0.322 e. The van der Waals surface area contributed by atoms with Crippen LogP contribution >= 0.6 is 11.6 Å². The maximum absolute atomic E-state index is 11.3. The molecule has 1 aromatic rings. The highest BCUT2D eigenvalue weighted by molar-refractivity contribution is 6.28. The van der Waals surface area contributed by atoms with Crippen LogP contribution in [0.5, 0.6) is 6.01 Å². The van der Waals surface area contributed by atoms with Crippen molar-refractivity contribution in [2.75, 3.05) is 25.6 Å². The van der Waals surface area contributed by atoms with Crippen molar-refractivity contribution >= 4 is 23.5 Å². The fraction of sp³-hybridized carbons (Fsp3) is 0.600. The highest BCUT2D eigenvalue weighted by atomic mass is 35.5. The monoisotopic (exact) mass is 288 g/mol. The summed E-state index contributed by atoms with van der Waals surface area (Å²) >= 11 is 5.72. The third-order valence-corrected chi connectivity index (χ3v) is 3.19. The van der Waals surface area contributed by atoms with Gasteiger partial charge >= 0.3 is 12.0 Å². The second-order valence-electron chi connectivity index (χ2n) is 4.35. The molecule has 0 saturated carbocycles. The van der Waals surface area contributed by atoms with Gasteiger partial charge in [-0.15, -0.1) is 0 Å². The van der Waals surface area contributed by atoms with Crippen LogP contribution in [0.25, 0.3) is 0 Å². The average Bonchev–Trinajstić information content (AvgIpc) is 2.71. The van der Waals surface area contributed by atoms with Crippen LogP contribution in [0.15, 0.2) is 0 Å². The Morgan fingerprint density at radius 3 is 2.95 bits per heavy atom. The predicted octanol–water partition coefficient (Wildman–Crippen LogP) is 0.435. The van der Waals surface area contributed by atoms with Gasteiger partial charge in [0.1, 0.15) is 5.41 Å². The Balaban J connectivity index is 2.21. The highest BCUT2D eigenvalue weighted by Gasteiger charge is 2.47. The number of anilines is 1. The minimum absolute atomic E-state index is 0.0368. The van der Waals surface area contributed by atoms with E-state index in [2.05, 4.69) is 20.3 Å². The molecule has 0 radical (unpaired) electrons. The predicted molar refractivity (Wildman–Crippen MR) is 65.4 cm³/mol. The number of hydrogen-bond acceptors (Lipinski definition) is 7. The summed E-state index contributed by atoms with van der Waals surface area (Å²) in [4.78, 5) is 22.8. The number of carbonyl (C=O) groups is 1. The van der Waals surface area contributed by atoms with Gasteiger partial charge in [0, 0.05) is 0 Å². The number of halogens is 1. The Kier molecular flexibility index (Phi) is 3.72. The van der Waals surface area contributed by atoms with Crippen LogP contribution in [0.4, 0.5) is 5.95 Å². The number of hydrogen-bond donors (Lipinski definition) is 2. The molecule has 2 rings (SSSR count). The van der Waals surface area contributed by atoms with Crippen LogP contribution in [-0.4, -0.2) is 52.4 Å². The molecule has 1 aliphatic heterocycles. The first-order chi connectivity index (χ1) is 8.95. The van der Waals surface area contributed by atoms with E-state index < -0.39 is 17.4 Å². The molecule has 0 aliphatic carbocycles. The van der Waals surface area contributed by atoms with Gasteiger partial charge in [0.15, 0.2) is 0 Å². The molecule has 104 valence electrons. The molecule has 0 spiro atoms. The summed E-state index contributed by atoms with van der Waals surface area (Å²) < 4.78 is 10.1. The summed E-state index contributed by atoms with van der Waals surface area (Å²) in [5.74, 6) is -0.797. The molecule has 2 atom stereocenters. The minimum atomic E-state index is -1.05. The van der Waals surface area contributed by atoms with Crippen LogP contribution in [0.3, 0.4) is 0 Å². The molecular weight excluding hydrogens is 276 g/mol. The number of nitrogens with zero attached hydrogens (tertiary/aromatic N) is 3. The molecule has 2 N–H and O–H groups in total. The molecule has 8 nitrogen and oxygen atoms in total. The number of aliphatic carboxylic acids is 1. The van der Waals surface area contributed by atoms with Crippen molar-refractivity contribution in [2.45, 2.75) is 13.0 Å². The Morgan fingerprint density at radius 2 is 2.32 bits per heavy atom. The van der Waals surface area contributed by atoms with Gasteiger partial charge in [0.05, 0.1) is 26.4 Å². The molecule has 0 aromatic carbocycles. The third kappa shape index (κ3) is 2.69. The third-order valence-electron chi connectivity index (χ3n) is 3.02. The van der Waals surface area contributed by atoms with E-state index in [9.17, 15) is 9.90 Å². The molecule has 2 heterocycles. The molecule has 1 aromatic heterocycles. The van der Waals surface area contributed by atoms with E-state index in [-0.39, 0.29) is 30.5 Å². The van der Waals surface area contributed by atoms with Crippen molar-refractivity contribution in [3.05, 3.63) is 5.28 Å². The number of rotatable bonds is 4. The lowest BCUT2D eigenvalue weighted by atomic mass is 9.85. The topological polar surface area (TPSA) is 106 Å². The van der Waals surface area contributed by atoms with Crippen molar-refractivity contribution < 1.29 is 19.4 Å². The van der Waals surface area contributed by atoms with Crippen molar-refractivity contribution in [3.63, 3.8) is 0 Å². The first kappa shape index (κ1) is 13.8. The molecular formula is C10H13ClN4O4. The van der Waals surface area contributed by atoms with Gasteiger partial charge in [0.25, 0.3) is 0 Å². The number of carboxylic acids is 1. The van der Waals surface area contributed by atoms with Crippen molar-refractivity contribution in [3.8, 4) is 6.01 Å². The molecule has 19 heavy (non-hydrogen) atoms. The summed E-state index contributed by atoms with van der Waals surface area (Å²) in [6, 6.07) is -0.411. The highest BCUT2D eigenvalue weighted by Crippen LogP contribution is 2.30. The minimum Gasteiger partial charge on any atom is -0.481 e. The number of methoxy groups -OCH3 is 1. The molecule has 0 amide bonds. The van der Waals surface area contributed by atoms with Crippen LogP contribution in [0.2, 0.25) is 5.28 Å². The normalized spacial score (nSPS) is 26.2. The fourth-order valence-electron chi connectivity index (χ4n) is 1.73. The molecule has 2 unspecified atom stereocenters.